The Labute approximate surface area is 189 Å². The lowest BCUT2D eigenvalue weighted by molar-refractivity contribution is -0.137. The molecule has 0 radical (unpaired) electrons. The third kappa shape index (κ3) is 7.83. The van der Waals surface area contributed by atoms with Crippen LogP contribution in [0.15, 0.2) is 48.5 Å². The molecule has 178 valence electrons. The maximum Gasteiger partial charge on any atom is 0.418 e. The van der Waals surface area contributed by atoms with Gasteiger partial charge in [0.25, 0.3) is 0 Å². The lowest BCUT2D eigenvalue weighted by Gasteiger charge is -2.33. The summed E-state index contributed by atoms with van der Waals surface area (Å²) in [5.74, 6) is -0.934. The number of nitrogens with zero attached hydrogens (tertiary/aromatic N) is 2. The highest BCUT2D eigenvalue weighted by atomic mass is 19.4. The Kier molecular flexibility index (Phi) is 8.40. The molecule has 2 aromatic carbocycles. The van der Waals surface area contributed by atoms with Crippen LogP contribution in [0.25, 0.3) is 0 Å². The number of hydrogen-bond donors (Lipinski definition) is 2. The summed E-state index contributed by atoms with van der Waals surface area (Å²) in [6, 6.07) is 11.0. The minimum absolute atomic E-state index is 0.0239. The molecule has 6 nitrogen and oxygen atoms in total. The zero-order valence-electron chi connectivity index (χ0n) is 18.0. The third-order valence-corrected chi connectivity index (χ3v) is 5.35. The van der Waals surface area contributed by atoms with Crippen molar-refractivity contribution in [3.63, 3.8) is 0 Å². The first-order valence-electron chi connectivity index (χ1n) is 10.6. The van der Waals surface area contributed by atoms with E-state index in [9.17, 15) is 27.2 Å². The topological polar surface area (TPSA) is 64.7 Å². The third-order valence-electron chi connectivity index (χ3n) is 5.35. The van der Waals surface area contributed by atoms with Crippen molar-refractivity contribution >= 4 is 17.5 Å². The molecule has 0 bridgehead atoms. The van der Waals surface area contributed by atoms with Gasteiger partial charge in [0.2, 0.25) is 11.8 Å². The Hall–Kier alpha value is -2.98. The molecule has 0 saturated carbocycles. The number of anilines is 1. The molecule has 1 aliphatic rings. The molecule has 10 heteroatoms. The van der Waals surface area contributed by atoms with Crippen LogP contribution in [-0.2, 0) is 22.2 Å². The number of para-hydroxylation sites is 1. The Morgan fingerprint density at radius 2 is 1.42 bits per heavy atom. The van der Waals surface area contributed by atoms with Gasteiger partial charge in [-0.2, -0.15) is 13.2 Å². The van der Waals surface area contributed by atoms with Gasteiger partial charge in [0.1, 0.15) is 5.82 Å². The summed E-state index contributed by atoms with van der Waals surface area (Å²) < 4.78 is 52.1. The van der Waals surface area contributed by atoms with E-state index in [1.165, 1.54) is 30.3 Å². The highest BCUT2D eigenvalue weighted by Gasteiger charge is 2.33. The van der Waals surface area contributed by atoms with Gasteiger partial charge in [-0.25, -0.2) is 4.39 Å². The van der Waals surface area contributed by atoms with Crippen LogP contribution < -0.4 is 10.6 Å². The van der Waals surface area contributed by atoms with E-state index in [0.29, 0.717) is 39.1 Å². The van der Waals surface area contributed by atoms with Crippen molar-refractivity contribution < 1.29 is 27.2 Å². The average Bonchev–Trinajstić information content (AvgIpc) is 2.76. The Morgan fingerprint density at radius 1 is 0.848 bits per heavy atom. The van der Waals surface area contributed by atoms with E-state index < -0.39 is 17.6 Å². The maximum atomic E-state index is 13.1. The zero-order valence-corrected chi connectivity index (χ0v) is 18.0. The van der Waals surface area contributed by atoms with Crippen molar-refractivity contribution in [1.82, 2.24) is 15.1 Å². The van der Waals surface area contributed by atoms with E-state index >= 15 is 0 Å². The molecule has 0 aromatic heterocycles. The largest absolute Gasteiger partial charge is 0.418 e. The second kappa shape index (κ2) is 11.2. The number of rotatable bonds is 8. The monoisotopic (exact) mass is 466 g/mol. The summed E-state index contributed by atoms with van der Waals surface area (Å²) in [6.45, 7) is 2.83. The SMILES string of the molecule is O=C(CN1CCN(CC(=O)Nc2ccccc2C(F)(F)F)CC1)NCCc1ccc(F)cc1. The van der Waals surface area contributed by atoms with Gasteiger partial charge in [0.15, 0.2) is 0 Å². The first kappa shape index (κ1) is 24.7. The number of hydrogen-bond acceptors (Lipinski definition) is 4. The van der Waals surface area contributed by atoms with Gasteiger partial charge in [-0.15, -0.1) is 0 Å². The second-order valence-corrected chi connectivity index (χ2v) is 7.87. The fourth-order valence-corrected chi connectivity index (χ4v) is 3.59. The Balaban J connectivity index is 1.36. The standard InChI is InChI=1S/C23H26F4N4O2/c24-18-7-5-17(6-8-18)9-10-28-21(32)15-30-11-13-31(14-12-30)16-22(33)29-20-4-2-1-3-19(20)23(25,26)27/h1-8H,9-16H2,(H,28,32)(H,29,33). The number of halogens is 4. The van der Waals surface area contributed by atoms with Crippen LogP contribution in [0.4, 0.5) is 23.2 Å². The van der Waals surface area contributed by atoms with Crippen LogP contribution in [-0.4, -0.2) is 67.4 Å². The minimum Gasteiger partial charge on any atom is -0.355 e. The molecule has 3 rings (SSSR count). The molecule has 0 aliphatic carbocycles. The van der Waals surface area contributed by atoms with Crippen molar-refractivity contribution in [2.45, 2.75) is 12.6 Å². The Morgan fingerprint density at radius 3 is 2.03 bits per heavy atom. The number of carbonyl (C=O) groups excluding carboxylic acids is 2. The van der Waals surface area contributed by atoms with Gasteiger partial charge in [-0.05, 0) is 36.2 Å². The predicted molar refractivity (Wildman–Crippen MR) is 116 cm³/mol. The molecular weight excluding hydrogens is 440 g/mol. The average molecular weight is 466 g/mol. The smallest absolute Gasteiger partial charge is 0.355 e. The van der Waals surface area contributed by atoms with E-state index in [4.69, 9.17) is 0 Å². The van der Waals surface area contributed by atoms with Crippen LogP contribution in [0.1, 0.15) is 11.1 Å². The molecule has 0 spiro atoms. The summed E-state index contributed by atoms with van der Waals surface area (Å²) in [4.78, 5) is 28.2. The molecule has 1 heterocycles. The molecule has 0 atom stereocenters. The highest BCUT2D eigenvalue weighted by Crippen LogP contribution is 2.34. The summed E-state index contributed by atoms with van der Waals surface area (Å²) in [7, 11) is 0. The lowest BCUT2D eigenvalue weighted by Crippen LogP contribution is -2.51. The van der Waals surface area contributed by atoms with Crippen molar-refractivity contribution in [2.75, 3.05) is 51.1 Å². The predicted octanol–water partition coefficient (Wildman–Crippen LogP) is 2.76. The molecule has 2 N–H and O–H groups in total. The number of piperazine rings is 1. The van der Waals surface area contributed by atoms with Gasteiger partial charge < -0.3 is 10.6 Å². The molecule has 1 fully saturated rings. The van der Waals surface area contributed by atoms with Gasteiger partial charge in [0.05, 0.1) is 24.3 Å². The van der Waals surface area contributed by atoms with Crippen molar-refractivity contribution in [1.29, 1.82) is 0 Å². The van der Waals surface area contributed by atoms with Crippen molar-refractivity contribution in [3.05, 3.63) is 65.5 Å². The van der Waals surface area contributed by atoms with E-state index in [-0.39, 0.29) is 30.5 Å². The number of carbonyl (C=O) groups is 2. The van der Waals surface area contributed by atoms with Crippen molar-refractivity contribution in [3.8, 4) is 0 Å². The van der Waals surface area contributed by atoms with E-state index in [1.807, 2.05) is 9.80 Å². The van der Waals surface area contributed by atoms with Crippen molar-refractivity contribution in [2.24, 2.45) is 0 Å². The fourth-order valence-electron chi connectivity index (χ4n) is 3.59. The van der Waals surface area contributed by atoms with Crippen LogP contribution in [0.5, 0.6) is 0 Å². The number of amides is 2. The lowest BCUT2D eigenvalue weighted by atomic mass is 10.1. The minimum atomic E-state index is -4.55. The van der Waals surface area contributed by atoms with Crippen LogP contribution >= 0.6 is 0 Å². The molecule has 33 heavy (non-hydrogen) atoms. The number of nitrogens with one attached hydrogen (secondary N) is 2. The number of benzene rings is 2. The summed E-state index contributed by atoms with van der Waals surface area (Å²) in [5, 5.41) is 5.19. The summed E-state index contributed by atoms with van der Waals surface area (Å²) >= 11 is 0. The molecule has 1 saturated heterocycles. The molecular formula is C23H26F4N4O2. The first-order chi connectivity index (χ1) is 15.7. The Bertz CT molecular complexity index is 942. The van der Waals surface area contributed by atoms with Gasteiger partial charge >= 0.3 is 6.18 Å². The second-order valence-electron chi connectivity index (χ2n) is 7.87. The van der Waals surface area contributed by atoms with Gasteiger partial charge in [0, 0.05) is 32.7 Å². The van der Waals surface area contributed by atoms with Crippen LogP contribution in [0.2, 0.25) is 0 Å². The molecule has 2 amide bonds. The summed E-state index contributed by atoms with van der Waals surface area (Å²) in [5.41, 5.74) is -0.207. The molecule has 0 unspecified atom stereocenters. The molecule has 2 aromatic rings. The normalized spacial score (nSPS) is 15.3. The first-order valence-corrected chi connectivity index (χ1v) is 10.6. The quantitative estimate of drug-likeness (QED) is 0.588. The molecule has 1 aliphatic heterocycles. The number of alkyl halides is 3. The van der Waals surface area contributed by atoms with E-state index in [1.54, 1.807) is 12.1 Å². The van der Waals surface area contributed by atoms with Gasteiger partial charge in [-0.1, -0.05) is 24.3 Å². The van der Waals surface area contributed by atoms with E-state index in [0.717, 1.165) is 11.6 Å². The highest BCUT2D eigenvalue weighted by molar-refractivity contribution is 5.93. The van der Waals surface area contributed by atoms with Crippen LogP contribution in [0.3, 0.4) is 0 Å². The zero-order chi connectivity index (χ0) is 23.8. The van der Waals surface area contributed by atoms with E-state index in [2.05, 4.69) is 10.6 Å². The summed E-state index contributed by atoms with van der Waals surface area (Å²) in [6.07, 6.45) is -3.94. The maximum absolute atomic E-state index is 13.1. The fraction of sp³-hybridized carbons (Fsp3) is 0.391. The van der Waals surface area contributed by atoms with Crippen LogP contribution in [0, 0.1) is 5.82 Å². The van der Waals surface area contributed by atoms with Gasteiger partial charge in [-0.3, -0.25) is 19.4 Å².